The van der Waals surface area contributed by atoms with Crippen molar-refractivity contribution in [1.29, 1.82) is 0 Å². The van der Waals surface area contributed by atoms with E-state index in [0.29, 0.717) is 12.1 Å². The summed E-state index contributed by atoms with van der Waals surface area (Å²) in [7, 11) is 0. The molecule has 0 aromatic heterocycles. The van der Waals surface area contributed by atoms with Crippen LogP contribution in [0.4, 0.5) is 0 Å². The van der Waals surface area contributed by atoms with E-state index >= 15 is 0 Å². The maximum Gasteiger partial charge on any atom is 0.0323 e. The van der Waals surface area contributed by atoms with Crippen LogP contribution < -0.4 is 5.32 Å². The summed E-state index contributed by atoms with van der Waals surface area (Å²) < 4.78 is 0. The highest BCUT2D eigenvalue weighted by atomic mass is 15.2. The second-order valence-corrected chi connectivity index (χ2v) is 7.38. The molecule has 2 unspecified atom stereocenters. The predicted octanol–water partition coefficient (Wildman–Crippen LogP) is 4.12. The highest BCUT2D eigenvalue weighted by molar-refractivity contribution is 5.29. The van der Waals surface area contributed by atoms with Gasteiger partial charge in [-0.05, 0) is 49.4 Å². The third-order valence-corrected chi connectivity index (χ3v) is 4.86. The SMILES string of the molecule is CCN(C1CCCNC1)C(C)c1ccc(C(C)(C)C)cc1. The van der Waals surface area contributed by atoms with Crippen molar-refractivity contribution in [3.63, 3.8) is 0 Å². The normalized spacial score (nSPS) is 21.5. The summed E-state index contributed by atoms with van der Waals surface area (Å²) in [6.07, 6.45) is 2.63. The van der Waals surface area contributed by atoms with Crippen LogP contribution in [-0.2, 0) is 5.41 Å². The molecule has 1 aliphatic rings. The molecule has 118 valence electrons. The lowest BCUT2D eigenvalue weighted by atomic mass is 9.86. The molecular weight excluding hydrogens is 256 g/mol. The first-order valence-electron chi connectivity index (χ1n) is 8.50. The molecule has 21 heavy (non-hydrogen) atoms. The maximum absolute atomic E-state index is 3.54. The van der Waals surface area contributed by atoms with Crippen molar-refractivity contribution >= 4 is 0 Å². The van der Waals surface area contributed by atoms with Gasteiger partial charge >= 0.3 is 0 Å². The van der Waals surface area contributed by atoms with Gasteiger partial charge in [0.25, 0.3) is 0 Å². The summed E-state index contributed by atoms with van der Waals surface area (Å²) in [6.45, 7) is 14.9. The van der Waals surface area contributed by atoms with Gasteiger partial charge in [-0.2, -0.15) is 0 Å². The Labute approximate surface area is 130 Å². The van der Waals surface area contributed by atoms with Crippen molar-refractivity contribution in [1.82, 2.24) is 10.2 Å². The number of nitrogens with one attached hydrogen (secondary N) is 1. The molecule has 2 rings (SSSR count). The number of nitrogens with zero attached hydrogens (tertiary/aromatic N) is 1. The van der Waals surface area contributed by atoms with E-state index in [9.17, 15) is 0 Å². The molecular formula is C19H32N2. The minimum atomic E-state index is 0.236. The minimum Gasteiger partial charge on any atom is -0.315 e. The van der Waals surface area contributed by atoms with Gasteiger partial charge in [0, 0.05) is 18.6 Å². The zero-order valence-corrected chi connectivity index (χ0v) is 14.4. The van der Waals surface area contributed by atoms with Gasteiger partial charge in [-0.15, -0.1) is 0 Å². The Balaban J connectivity index is 2.11. The number of likely N-dealkylation sites (N-methyl/N-ethyl adjacent to an activating group) is 1. The summed E-state index contributed by atoms with van der Waals surface area (Å²) in [4.78, 5) is 2.65. The van der Waals surface area contributed by atoms with E-state index < -0.39 is 0 Å². The quantitative estimate of drug-likeness (QED) is 0.896. The molecule has 1 N–H and O–H groups in total. The molecule has 1 saturated heterocycles. The standard InChI is InChI=1S/C19H32N2/c1-6-21(18-8-7-13-20-14-18)15(2)16-9-11-17(12-10-16)19(3,4)5/h9-12,15,18,20H,6-8,13-14H2,1-5H3. The second kappa shape index (κ2) is 6.93. The van der Waals surface area contributed by atoms with Crippen LogP contribution in [0.1, 0.15) is 64.6 Å². The van der Waals surface area contributed by atoms with Crippen LogP contribution >= 0.6 is 0 Å². The maximum atomic E-state index is 3.54. The van der Waals surface area contributed by atoms with E-state index in [0.717, 1.165) is 13.1 Å². The van der Waals surface area contributed by atoms with Crippen LogP contribution in [0.2, 0.25) is 0 Å². The molecule has 0 saturated carbocycles. The third kappa shape index (κ3) is 4.08. The molecule has 0 amide bonds. The monoisotopic (exact) mass is 288 g/mol. The van der Waals surface area contributed by atoms with Crippen LogP contribution in [0.25, 0.3) is 0 Å². The molecule has 0 radical (unpaired) electrons. The number of piperidine rings is 1. The lowest BCUT2D eigenvalue weighted by Crippen LogP contribution is -2.46. The summed E-state index contributed by atoms with van der Waals surface area (Å²) >= 11 is 0. The molecule has 0 spiro atoms. The van der Waals surface area contributed by atoms with E-state index in [1.807, 2.05) is 0 Å². The fraction of sp³-hybridized carbons (Fsp3) is 0.684. The minimum absolute atomic E-state index is 0.236. The zero-order valence-electron chi connectivity index (χ0n) is 14.4. The zero-order chi connectivity index (χ0) is 15.5. The van der Waals surface area contributed by atoms with Crippen molar-refractivity contribution in [3.05, 3.63) is 35.4 Å². The fourth-order valence-electron chi connectivity index (χ4n) is 3.42. The van der Waals surface area contributed by atoms with Gasteiger partial charge in [0.15, 0.2) is 0 Å². The Morgan fingerprint density at radius 1 is 1.24 bits per heavy atom. The van der Waals surface area contributed by atoms with Crippen molar-refractivity contribution in [2.24, 2.45) is 0 Å². The molecule has 0 bridgehead atoms. The van der Waals surface area contributed by atoms with Gasteiger partial charge in [-0.25, -0.2) is 0 Å². The molecule has 1 aromatic carbocycles. The average Bonchev–Trinajstić information content (AvgIpc) is 2.48. The molecule has 1 aliphatic heterocycles. The van der Waals surface area contributed by atoms with Crippen LogP contribution in [0.3, 0.4) is 0 Å². The summed E-state index contributed by atoms with van der Waals surface area (Å²) in [5, 5.41) is 3.54. The summed E-state index contributed by atoms with van der Waals surface area (Å²) in [5.74, 6) is 0. The summed E-state index contributed by atoms with van der Waals surface area (Å²) in [6, 6.07) is 10.4. The molecule has 2 heteroatoms. The molecule has 0 aliphatic carbocycles. The number of hydrogen-bond acceptors (Lipinski definition) is 2. The average molecular weight is 288 g/mol. The highest BCUT2D eigenvalue weighted by Gasteiger charge is 2.25. The summed E-state index contributed by atoms with van der Waals surface area (Å²) in [5.41, 5.74) is 3.09. The Morgan fingerprint density at radius 2 is 1.90 bits per heavy atom. The molecule has 2 atom stereocenters. The number of rotatable bonds is 4. The van der Waals surface area contributed by atoms with Gasteiger partial charge in [0.2, 0.25) is 0 Å². The van der Waals surface area contributed by atoms with E-state index in [1.165, 1.54) is 30.5 Å². The third-order valence-electron chi connectivity index (χ3n) is 4.86. The highest BCUT2D eigenvalue weighted by Crippen LogP contribution is 2.28. The number of hydrogen-bond donors (Lipinski definition) is 1. The van der Waals surface area contributed by atoms with Crippen LogP contribution in [-0.4, -0.2) is 30.6 Å². The Kier molecular flexibility index (Phi) is 5.45. The Hall–Kier alpha value is -0.860. The van der Waals surface area contributed by atoms with E-state index in [-0.39, 0.29) is 5.41 Å². The van der Waals surface area contributed by atoms with Crippen LogP contribution in [0.5, 0.6) is 0 Å². The predicted molar refractivity (Wildman–Crippen MR) is 91.8 cm³/mol. The second-order valence-electron chi connectivity index (χ2n) is 7.38. The molecule has 1 fully saturated rings. The van der Waals surface area contributed by atoms with Crippen molar-refractivity contribution in [3.8, 4) is 0 Å². The van der Waals surface area contributed by atoms with Gasteiger partial charge < -0.3 is 5.32 Å². The number of benzene rings is 1. The van der Waals surface area contributed by atoms with Crippen molar-refractivity contribution < 1.29 is 0 Å². The molecule has 2 nitrogen and oxygen atoms in total. The van der Waals surface area contributed by atoms with Crippen LogP contribution in [0, 0.1) is 0 Å². The topological polar surface area (TPSA) is 15.3 Å². The molecule has 1 aromatic rings. The molecule has 1 heterocycles. The van der Waals surface area contributed by atoms with Gasteiger partial charge in [0.1, 0.15) is 0 Å². The first-order chi connectivity index (χ1) is 9.93. The largest absolute Gasteiger partial charge is 0.315 e. The van der Waals surface area contributed by atoms with E-state index in [2.05, 4.69) is 69.1 Å². The lowest BCUT2D eigenvalue weighted by molar-refractivity contribution is 0.128. The Morgan fingerprint density at radius 3 is 2.38 bits per heavy atom. The lowest BCUT2D eigenvalue weighted by Gasteiger charge is -2.38. The van der Waals surface area contributed by atoms with Crippen molar-refractivity contribution in [2.45, 2.75) is 65.0 Å². The van der Waals surface area contributed by atoms with Gasteiger partial charge in [-0.3, -0.25) is 4.90 Å². The Bertz CT molecular complexity index is 424. The van der Waals surface area contributed by atoms with Crippen molar-refractivity contribution in [2.75, 3.05) is 19.6 Å². The van der Waals surface area contributed by atoms with Crippen LogP contribution in [0.15, 0.2) is 24.3 Å². The smallest absolute Gasteiger partial charge is 0.0323 e. The van der Waals surface area contributed by atoms with E-state index in [1.54, 1.807) is 0 Å². The first-order valence-corrected chi connectivity index (χ1v) is 8.50. The van der Waals surface area contributed by atoms with Gasteiger partial charge in [0.05, 0.1) is 0 Å². The first kappa shape index (κ1) is 16.5. The fourth-order valence-corrected chi connectivity index (χ4v) is 3.42. The van der Waals surface area contributed by atoms with E-state index in [4.69, 9.17) is 0 Å². The van der Waals surface area contributed by atoms with Gasteiger partial charge in [-0.1, -0.05) is 52.0 Å².